The van der Waals surface area contributed by atoms with Crippen molar-refractivity contribution in [2.75, 3.05) is 0 Å². The van der Waals surface area contributed by atoms with Crippen LogP contribution in [0.3, 0.4) is 0 Å². The van der Waals surface area contributed by atoms with Gasteiger partial charge in [0.2, 0.25) is 5.91 Å². The number of hydrogen-bond donors (Lipinski definition) is 2. The normalized spacial score (nSPS) is 12.2. The molecule has 5 heteroatoms. The van der Waals surface area contributed by atoms with E-state index in [2.05, 4.69) is 0 Å². The molecular weight excluding hydrogens is 226 g/mol. The number of hydrogen-bond acceptors (Lipinski definition) is 2. The van der Waals surface area contributed by atoms with Gasteiger partial charge in [0.1, 0.15) is 0 Å². The van der Waals surface area contributed by atoms with Crippen LogP contribution in [0.5, 0.6) is 0 Å². The first-order chi connectivity index (χ1) is 7.84. The molecule has 1 aromatic carbocycles. The number of rotatable bonds is 3. The van der Waals surface area contributed by atoms with E-state index >= 15 is 0 Å². The van der Waals surface area contributed by atoms with Crippen LogP contribution in [-0.4, -0.2) is 5.91 Å². The molecule has 1 aromatic rings. The van der Waals surface area contributed by atoms with Crippen LogP contribution < -0.4 is 11.5 Å². The van der Waals surface area contributed by atoms with Gasteiger partial charge in [-0.3, -0.25) is 4.79 Å². The molecule has 0 aliphatic rings. The first-order valence-electron chi connectivity index (χ1n) is 5.03. The summed E-state index contributed by atoms with van der Waals surface area (Å²) in [5.74, 6) is -2.61. The lowest BCUT2D eigenvalue weighted by Gasteiger charge is -2.08. The highest BCUT2D eigenvalue weighted by Crippen LogP contribution is 2.19. The summed E-state index contributed by atoms with van der Waals surface area (Å²) in [6.07, 6.45) is -0.110. The highest BCUT2D eigenvalue weighted by molar-refractivity contribution is 5.93. The third-order valence-electron chi connectivity index (χ3n) is 2.50. The van der Waals surface area contributed by atoms with E-state index < -0.39 is 17.5 Å². The van der Waals surface area contributed by atoms with E-state index in [1.165, 1.54) is 26.0 Å². The first-order valence-corrected chi connectivity index (χ1v) is 5.03. The average Bonchev–Trinajstić information content (AvgIpc) is 2.24. The molecule has 0 aliphatic carbocycles. The van der Waals surface area contributed by atoms with E-state index in [4.69, 9.17) is 11.5 Å². The second kappa shape index (κ2) is 4.95. The van der Waals surface area contributed by atoms with Crippen LogP contribution in [0.25, 0.3) is 0 Å². The summed E-state index contributed by atoms with van der Waals surface area (Å²) in [7, 11) is 0. The predicted octanol–water partition coefficient (Wildman–Crippen LogP) is 1.53. The summed E-state index contributed by atoms with van der Waals surface area (Å²) < 4.78 is 26.9. The van der Waals surface area contributed by atoms with Crippen molar-refractivity contribution in [1.29, 1.82) is 0 Å². The van der Waals surface area contributed by atoms with Gasteiger partial charge in [-0.2, -0.15) is 0 Å². The zero-order valence-electron chi connectivity index (χ0n) is 9.68. The fourth-order valence-corrected chi connectivity index (χ4v) is 1.43. The van der Waals surface area contributed by atoms with Crippen LogP contribution in [0.1, 0.15) is 18.1 Å². The maximum absolute atomic E-state index is 13.6. The van der Waals surface area contributed by atoms with Crippen LogP contribution in [0.4, 0.5) is 8.78 Å². The van der Waals surface area contributed by atoms with Crippen LogP contribution in [0.15, 0.2) is 23.4 Å². The van der Waals surface area contributed by atoms with E-state index in [0.29, 0.717) is 0 Å². The molecule has 0 unspecified atom stereocenters. The summed E-state index contributed by atoms with van der Waals surface area (Å²) in [4.78, 5) is 11.1. The summed E-state index contributed by atoms with van der Waals surface area (Å²) in [5.41, 5.74) is 11.1. The van der Waals surface area contributed by atoms with Gasteiger partial charge in [0.15, 0.2) is 11.6 Å². The summed E-state index contributed by atoms with van der Waals surface area (Å²) >= 11 is 0. The molecule has 17 heavy (non-hydrogen) atoms. The van der Waals surface area contributed by atoms with Gasteiger partial charge in [-0.1, -0.05) is 12.1 Å². The second-order valence-corrected chi connectivity index (χ2v) is 3.87. The first kappa shape index (κ1) is 13.2. The van der Waals surface area contributed by atoms with Crippen LogP contribution in [0.2, 0.25) is 0 Å². The van der Waals surface area contributed by atoms with E-state index in [-0.39, 0.29) is 28.8 Å². The molecule has 0 saturated carbocycles. The fourth-order valence-electron chi connectivity index (χ4n) is 1.43. The lowest BCUT2D eigenvalue weighted by molar-refractivity contribution is -0.114. The SMILES string of the molecule is C/C(N)=C(\Cc1ccc(C)c(F)c1F)C(N)=O. The van der Waals surface area contributed by atoms with Crippen molar-refractivity contribution >= 4 is 5.91 Å². The third-order valence-corrected chi connectivity index (χ3v) is 2.50. The minimum absolute atomic E-state index is 0.0618. The quantitative estimate of drug-likeness (QED) is 0.787. The third kappa shape index (κ3) is 2.81. The molecular formula is C12H14F2N2O. The van der Waals surface area contributed by atoms with Crippen LogP contribution in [-0.2, 0) is 11.2 Å². The number of carbonyl (C=O) groups is 1. The standard InChI is InChI=1S/C12H14F2N2O/c1-6-3-4-8(11(14)10(6)13)5-9(7(2)15)12(16)17/h3-4H,5,15H2,1-2H3,(H2,16,17)/b9-7-. The van der Waals surface area contributed by atoms with E-state index in [0.717, 1.165) is 0 Å². The maximum atomic E-state index is 13.6. The highest BCUT2D eigenvalue weighted by atomic mass is 19.2. The Morgan fingerprint density at radius 3 is 2.29 bits per heavy atom. The lowest BCUT2D eigenvalue weighted by atomic mass is 10.0. The molecule has 0 radical (unpaired) electrons. The monoisotopic (exact) mass is 240 g/mol. The van der Waals surface area contributed by atoms with Gasteiger partial charge in [-0.05, 0) is 25.0 Å². The zero-order chi connectivity index (χ0) is 13.2. The minimum Gasteiger partial charge on any atom is -0.402 e. The zero-order valence-corrected chi connectivity index (χ0v) is 9.68. The molecule has 0 atom stereocenters. The number of amides is 1. The van der Waals surface area contributed by atoms with Gasteiger partial charge >= 0.3 is 0 Å². The van der Waals surface area contributed by atoms with Crippen molar-refractivity contribution in [2.24, 2.45) is 11.5 Å². The van der Waals surface area contributed by atoms with E-state index in [1.54, 1.807) is 0 Å². The number of aryl methyl sites for hydroxylation is 1. The van der Waals surface area contributed by atoms with Gasteiger partial charge in [0.25, 0.3) is 0 Å². The molecule has 0 heterocycles. The predicted molar refractivity (Wildman–Crippen MR) is 60.9 cm³/mol. The van der Waals surface area contributed by atoms with Crippen molar-refractivity contribution < 1.29 is 13.6 Å². The van der Waals surface area contributed by atoms with Gasteiger partial charge in [-0.25, -0.2) is 8.78 Å². The summed E-state index contributed by atoms with van der Waals surface area (Å²) in [6.45, 7) is 2.95. The Balaban J connectivity index is 3.17. The van der Waals surface area contributed by atoms with Gasteiger partial charge in [-0.15, -0.1) is 0 Å². The summed E-state index contributed by atoms with van der Waals surface area (Å²) in [6, 6.07) is 2.86. The minimum atomic E-state index is -0.968. The van der Waals surface area contributed by atoms with Crippen LogP contribution >= 0.6 is 0 Å². The number of halogens is 2. The Morgan fingerprint density at radius 2 is 1.82 bits per heavy atom. The molecule has 0 spiro atoms. The largest absolute Gasteiger partial charge is 0.402 e. The number of carbonyl (C=O) groups excluding carboxylic acids is 1. The molecule has 92 valence electrons. The maximum Gasteiger partial charge on any atom is 0.246 e. The fraction of sp³-hybridized carbons (Fsp3) is 0.250. The van der Waals surface area contributed by atoms with Crippen molar-refractivity contribution in [3.05, 3.63) is 46.2 Å². The van der Waals surface area contributed by atoms with Gasteiger partial charge in [0.05, 0.1) is 0 Å². The average molecular weight is 240 g/mol. The summed E-state index contributed by atoms with van der Waals surface area (Å²) in [5, 5.41) is 0. The molecule has 0 bridgehead atoms. The smallest absolute Gasteiger partial charge is 0.246 e. The molecule has 0 fully saturated rings. The van der Waals surface area contributed by atoms with E-state index in [1.807, 2.05) is 0 Å². The number of primary amides is 1. The van der Waals surface area contributed by atoms with Crippen molar-refractivity contribution in [1.82, 2.24) is 0 Å². The highest BCUT2D eigenvalue weighted by Gasteiger charge is 2.15. The number of allylic oxidation sites excluding steroid dienone is 1. The Kier molecular flexibility index (Phi) is 3.83. The molecule has 0 aliphatic heterocycles. The van der Waals surface area contributed by atoms with Crippen molar-refractivity contribution in [3.63, 3.8) is 0 Å². The Morgan fingerprint density at radius 1 is 1.24 bits per heavy atom. The lowest BCUT2D eigenvalue weighted by Crippen LogP contribution is -2.20. The topological polar surface area (TPSA) is 69.1 Å². The van der Waals surface area contributed by atoms with Gasteiger partial charge in [0, 0.05) is 17.7 Å². The molecule has 3 nitrogen and oxygen atoms in total. The second-order valence-electron chi connectivity index (χ2n) is 3.87. The molecule has 4 N–H and O–H groups in total. The number of nitrogens with two attached hydrogens (primary N) is 2. The van der Waals surface area contributed by atoms with Crippen LogP contribution in [0, 0.1) is 18.6 Å². The molecule has 1 amide bonds. The van der Waals surface area contributed by atoms with Crippen molar-refractivity contribution in [3.8, 4) is 0 Å². The molecule has 0 saturated heterocycles. The van der Waals surface area contributed by atoms with Crippen molar-refractivity contribution in [2.45, 2.75) is 20.3 Å². The Bertz CT molecular complexity index is 492. The Labute approximate surface area is 98.1 Å². The molecule has 0 aromatic heterocycles. The van der Waals surface area contributed by atoms with Gasteiger partial charge < -0.3 is 11.5 Å². The van der Waals surface area contributed by atoms with E-state index in [9.17, 15) is 13.6 Å². The Hall–Kier alpha value is -1.91. The molecule has 1 rings (SSSR count). The number of benzene rings is 1.